The van der Waals surface area contributed by atoms with E-state index in [2.05, 4.69) is 34.9 Å². The molecule has 1 aromatic carbocycles. The maximum absolute atomic E-state index is 9.43. The Balaban J connectivity index is 2.00. The van der Waals surface area contributed by atoms with Crippen LogP contribution in [-0.4, -0.2) is 54.2 Å². The van der Waals surface area contributed by atoms with E-state index in [1.54, 1.807) is 0 Å². The number of hydrogen-bond acceptors (Lipinski definition) is 4. The van der Waals surface area contributed by atoms with Gasteiger partial charge in [-0.15, -0.1) is 0 Å². The normalized spacial score (nSPS) is 19.0. The SMILES string of the molecule is Cc1ccc(C(C#N)N2CCN(CCO)CC2)cc1. The molecule has 4 nitrogen and oxygen atoms in total. The Morgan fingerprint density at radius 3 is 2.37 bits per heavy atom. The first kappa shape index (κ1) is 14.0. The van der Waals surface area contributed by atoms with Crippen molar-refractivity contribution in [2.75, 3.05) is 39.3 Å². The second-order valence-electron chi connectivity index (χ2n) is 5.04. The summed E-state index contributed by atoms with van der Waals surface area (Å²) in [6.45, 7) is 6.60. The first-order valence-corrected chi connectivity index (χ1v) is 6.78. The highest BCUT2D eigenvalue weighted by Crippen LogP contribution is 2.21. The molecule has 1 saturated heterocycles. The van der Waals surface area contributed by atoms with Gasteiger partial charge in [0, 0.05) is 32.7 Å². The van der Waals surface area contributed by atoms with Crippen LogP contribution in [0.2, 0.25) is 0 Å². The summed E-state index contributed by atoms with van der Waals surface area (Å²) in [7, 11) is 0. The van der Waals surface area contributed by atoms with Crippen molar-refractivity contribution in [3.8, 4) is 6.07 Å². The number of benzene rings is 1. The Labute approximate surface area is 114 Å². The minimum Gasteiger partial charge on any atom is -0.395 e. The van der Waals surface area contributed by atoms with Crippen molar-refractivity contribution >= 4 is 0 Å². The molecule has 1 heterocycles. The Hall–Kier alpha value is -1.41. The van der Waals surface area contributed by atoms with Gasteiger partial charge in [0.05, 0.1) is 12.7 Å². The second-order valence-corrected chi connectivity index (χ2v) is 5.04. The highest BCUT2D eigenvalue weighted by atomic mass is 16.3. The minimum atomic E-state index is -0.156. The highest BCUT2D eigenvalue weighted by molar-refractivity contribution is 5.27. The third-order valence-corrected chi connectivity index (χ3v) is 3.70. The van der Waals surface area contributed by atoms with Crippen LogP contribution in [0.5, 0.6) is 0 Å². The van der Waals surface area contributed by atoms with Crippen molar-refractivity contribution in [1.29, 1.82) is 5.26 Å². The van der Waals surface area contributed by atoms with Crippen LogP contribution < -0.4 is 0 Å². The fourth-order valence-electron chi connectivity index (χ4n) is 2.50. The van der Waals surface area contributed by atoms with Gasteiger partial charge in [0.1, 0.15) is 6.04 Å². The molecule has 0 aliphatic carbocycles. The van der Waals surface area contributed by atoms with E-state index in [4.69, 9.17) is 5.11 Å². The number of nitriles is 1. The predicted molar refractivity (Wildman–Crippen MR) is 74.6 cm³/mol. The predicted octanol–water partition coefficient (Wildman–Crippen LogP) is 1.17. The molecule has 1 aliphatic rings. The van der Waals surface area contributed by atoms with Gasteiger partial charge in [0.25, 0.3) is 0 Å². The minimum absolute atomic E-state index is 0.156. The Bertz CT molecular complexity index is 430. The summed E-state index contributed by atoms with van der Waals surface area (Å²) >= 11 is 0. The zero-order valence-electron chi connectivity index (χ0n) is 11.4. The summed E-state index contributed by atoms with van der Waals surface area (Å²) in [6, 6.07) is 10.5. The van der Waals surface area contributed by atoms with Gasteiger partial charge in [0.15, 0.2) is 0 Å². The molecule has 0 aromatic heterocycles. The summed E-state index contributed by atoms with van der Waals surface area (Å²) in [5.41, 5.74) is 2.29. The van der Waals surface area contributed by atoms with Crippen molar-refractivity contribution < 1.29 is 5.11 Å². The van der Waals surface area contributed by atoms with Crippen LogP contribution in [0.4, 0.5) is 0 Å². The van der Waals surface area contributed by atoms with E-state index in [0.29, 0.717) is 0 Å². The topological polar surface area (TPSA) is 50.5 Å². The van der Waals surface area contributed by atoms with Gasteiger partial charge in [-0.2, -0.15) is 5.26 Å². The number of aliphatic hydroxyl groups is 1. The highest BCUT2D eigenvalue weighted by Gasteiger charge is 2.24. The number of nitrogens with zero attached hydrogens (tertiary/aromatic N) is 3. The average molecular weight is 259 g/mol. The fourth-order valence-corrected chi connectivity index (χ4v) is 2.50. The van der Waals surface area contributed by atoms with Gasteiger partial charge in [0.2, 0.25) is 0 Å². The lowest BCUT2D eigenvalue weighted by atomic mass is 10.0. The maximum Gasteiger partial charge on any atom is 0.123 e. The molecule has 19 heavy (non-hydrogen) atoms. The van der Waals surface area contributed by atoms with Crippen molar-refractivity contribution in [2.45, 2.75) is 13.0 Å². The van der Waals surface area contributed by atoms with E-state index in [9.17, 15) is 5.26 Å². The molecule has 1 aromatic rings. The summed E-state index contributed by atoms with van der Waals surface area (Å²) < 4.78 is 0. The van der Waals surface area contributed by atoms with Gasteiger partial charge < -0.3 is 5.11 Å². The van der Waals surface area contributed by atoms with Gasteiger partial charge in [-0.05, 0) is 12.5 Å². The van der Waals surface area contributed by atoms with Crippen molar-refractivity contribution in [2.24, 2.45) is 0 Å². The zero-order chi connectivity index (χ0) is 13.7. The summed E-state index contributed by atoms with van der Waals surface area (Å²) in [5, 5.41) is 18.4. The maximum atomic E-state index is 9.43. The molecule has 1 N–H and O–H groups in total. The van der Waals surface area contributed by atoms with Gasteiger partial charge >= 0.3 is 0 Å². The lowest BCUT2D eigenvalue weighted by Gasteiger charge is -2.36. The quantitative estimate of drug-likeness (QED) is 0.882. The molecule has 102 valence electrons. The molecule has 4 heteroatoms. The molecule has 0 bridgehead atoms. The first-order chi connectivity index (χ1) is 9.24. The second kappa shape index (κ2) is 6.67. The number of aryl methyl sites for hydroxylation is 1. The van der Waals surface area contributed by atoms with Crippen LogP contribution >= 0.6 is 0 Å². The first-order valence-electron chi connectivity index (χ1n) is 6.78. The fraction of sp³-hybridized carbons (Fsp3) is 0.533. The van der Waals surface area contributed by atoms with Crippen LogP contribution in [0.3, 0.4) is 0 Å². The molecule has 1 aliphatic heterocycles. The van der Waals surface area contributed by atoms with Crippen molar-refractivity contribution in [1.82, 2.24) is 9.80 Å². The monoisotopic (exact) mass is 259 g/mol. The molecule has 1 fully saturated rings. The van der Waals surface area contributed by atoms with Gasteiger partial charge in [-0.1, -0.05) is 29.8 Å². The lowest BCUT2D eigenvalue weighted by Crippen LogP contribution is -2.48. The number of β-amino-alcohol motifs (C(OH)–C–C–N with tert-alkyl or cyclic N) is 1. The van der Waals surface area contributed by atoms with E-state index in [1.807, 2.05) is 12.1 Å². The number of piperazine rings is 1. The molecule has 0 amide bonds. The van der Waals surface area contributed by atoms with E-state index >= 15 is 0 Å². The van der Waals surface area contributed by atoms with Crippen molar-refractivity contribution in [3.05, 3.63) is 35.4 Å². The molecular weight excluding hydrogens is 238 g/mol. The number of rotatable bonds is 4. The molecule has 0 radical (unpaired) electrons. The molecule has 1 unspecified atom stereocenters. The third-order valence-electron chi connectivity index (χ3n) is 3.70. The summed E-state index contributed by atoms with van der Waals surface area (Å²) in [4.78, 5) is 4.46. The smallest absolute Gasteiger partial charge is 0.123 e. The lowest BCUT2D eigenvalue weighted by molar-refractivity contribution is 0.0982. The molecule has 1 atom stereocenters. The largest absolute Gasteiger partial charge is 0.395 e. The van der Waals surface area contributed by atoms with Crippen LogP contribution in [0.1, 0.15) is 17.2 Å². The van der Waals surface area contributed by atoms with E-state index < -0.39 is 0 Å². The zero-order valence-corrected chi connectivity index (χ0v) is 11.4. The van der Waals surface area contributed by atoms with E-state index in [1.165, 1.54) is 5.56 Å². The number of hydrogen-bond donors (Lipinski definition) is 1. The average Bonchev–Trinajstić information content (AvgIpc) is 2.44. The summed E-state index contributed by atoms with van der Waals surface area (Å²) in [6.07, 6.45) is 0. The van der Waals surface area contributed by atoms with Gasteiger partial charge in [-0.25, -0.2) is 0 Å². The third kappa shape index (κ3) is 3.54. The number of aliphatic hydroxyl groups excluding tert-OH is 1. The molecule has 0 spiro atoms. The molecule has 0 saturated carbocycles. The van der Waals surface area contributed by atoms with Crippen LogP contribution in [0.25, 0.3) is 0 Å². The Morgan fingerprint density at radius 2 is 1.84 bits per heavy atom. The molecular formula is C15H21N3O. The molecule has 2 rings (SSSR count). The Kier molecular flexibility index (Phi) is 4.92. The van der Waals surface area contributed by atoms with Crippen LogP contribution in [0, 0.1) is 18.3 Å². The standard InChI is InChI=1S/C15H21N3O/c1-13-2-4-14(5-3-13)15(12-16)18-8-6-17(7-9-18)10-11-19/h2-5,15,19H,6-11H2,1H3. The Morgan fingerprint density at radius 1 is 1.21 bits per heavy atom. The van der Waals surface area contributed by atoms with E-state index in [0.717, 1.165) is 38.3 Å². The van der Waals surface area contributed by atoms with Gasteiger partial charge in [-0.3, -0.25) is 9.80 Å². The van der Waals surface area contributed by atoms with E-state index in [-0.39, 0.29) is 12.6 Å². The van der Waals surface area contributed by atoms with Crippen LogP contribution in [0.15, 0.2) is 24.3 Å². The van der Waals surface area contributed by atoms with Crippen LogP contribution in [-0.2, 0) is 0 Å². The van der Waals surface area contributed by atoms with Crippen molar-refractivity contribution in [3.63, 3.8) is 0 Å². The summed E-state index contributed by atoms with van der Waals surface area (Å²) in [5.74, 6) is 0.